The highest BCUT2D eigenvalue weighted by atomic mass is 16.3. The van der Waals surface area contributed by atoms with E-state index in [1.165, 1.54) is 0 Å². The second kappa shape index (κ2) is 20.2. The highest BCUT2D eigenvalue weighted by Gasteiger charge is 2.22. The van der Waals surface area contributed by atoms with Crippen LogP contribution in [0.1, 0.15) is 46.6 Å². The minimum atomic E-state index is -1.07. The fourth-order valence-electron chi connectivity index (χ4n) is 11.6. The first-order chi connectivity index (χ1) is 56.8. The molecule has 0 fully saturated rings. The Kier molecular flexibility index (Phi) is 6.14. The summed E-state index contributed by atoms with van der Waals surface area (Å²) in [6, 6.07) is 7.86. The van der Waals surface area contributed by atoms with E-state index in [0.29, 0.717) is 22.3 Å². The molecule has 18 aromatic rings. The molecular weight excluding hydrogens is 1040 g/mol. The Morgan fingerprint density at radius 3 is 1.33 bits per heavy atom. The quantitative estimate of drug-likeness (QED) is 0.155. The highest BCUT2D eigenvalue weighted by Crippen LogP contribution is 2.49. The molecule has 0 bridgehead atoms. The van der Waals surface area contributed by atoms with Gasteiger partial charge in [0.1, 0.15) is 22.3 Å². The van der Waals surface area contributed by atoms with E-state index in [1.54, 1.807) is 0 Å². The van der Waals surface area contributed by atoms with Crippen LogP contribution in [0.15, 0.2) is 323 Å². The topological polar surface area (TPSA) is 26.3 Å². The lowest BCUT2D eigenvalue weighted by atomic mass is 9.83. The minimum Gasteiger partial charge on any atom is -0.456 e. The van der Waals surface area contributed by atoms with Gasteiger partial charge in [-0.2, -0.15) is 0 Å². The van der Waals surface area contributed by atoms with E-state index in [0.717, 1.165) is 43.8 Å². The first-order valence-electron chi connectivity index (χ1n) is 43.8. The summed E-state index contributed by atoms with van der Waals surface area (Å²) in [5, 5.41) is -0.815. The third-order valence-electron chi connectivity index (χ3n) is 15.3. The van der Waals surface area contributed by atoms with Crippen LogP contribution in [0.2, 0.25) is 0 Å². The number of benzene rings is 16. The second-order valence-electron chi connectivity index (χ2n) is 19.9. The van der Waals surface area contributed by atoms with Gasteiger partial charge in [0.05, 0.1) is 46.6 Å². The van der Waals surface area contributed by atoms with Gasteiger partial charge >= 0.3 is 0 Å². The van der Waals surface area contributed by atoms with Crippen molar-refractivity contribution in [2.45, 2.75) is 0 Å². The molecule has 2 aromatic heterocycles. The van der Waals surface area contributed by atoms with Gasteiger partial charge in [0, 0.05) is 21.5 Å². The van der Waals surface area contributed by atoms with Crippen molar-refractivity contribution < 1.29 is 55.4 Å². The van der Waals surface area contributed by atoms with E-state index in [1.807, 2.05) is 103 Å². The molecular formula is C84H52O2. The Labute approximate surface area is 544 Å². The summed E-state index contributed by atoms with van der Waals surface area (Å²) in [6.07, 6.45) is 0. The second-order valence-corrected chi connectivity index (χ2v) is 19.9. The Balaban J connectivity index is 0.000000179. The fourth-order valence-corrected chi connectivity index (χ4v) is 11.6. The maximum Gasteiger partial charge on any atom is 0.135 e. The molecule has 0 aliphatic heterocycles. The predicted octanol–water partition coefficient (Wildman–Crippen LogP) is 24.1. The summed E-state index contributed by atoms with van der Waals surface area (Å²) in [5.41, 5.74) is -0.254. The van der Waals surface area contributed by atoms with Gasteiger partial charge in [-0.15, -0.1) is 0 Å². The predicted molar refractivity (Wildman–Crippen MR) is 365 cm³/mol. The van der Waals surface area contributed by atoms with E-state index >= 15 is 0 Å². The van der Waals surface area contributed by atoms with Gasteiger partial charge in [-0.05, 0) is 168 Å². The van der Waals surface area contributed by atoms with Crippen LogP contribution in [-0.4, -0.2) is 0 Å². The molecule has 16 aromatic carbocycles. The van der Waals surface area contributed by atoms with E-state index < -0.39 is 269 Å². The van der Waals surface area contributed by atoms with Crippen molar-refractivity contribution in [2.75, 3.05) is 0 Å². The summed E-state index contributed by atoms with van der Waals surface area (Å²) in [4.78, 5) is 0. The molecule has 0 radical (unpaired) electrons. The summed E-state index contributed by atoms with van der Waals surface area (Å²) in [6.45, 7) is 0. The van der Waals surface area contributed by atoms with Crippen molar-refractivity contribution in [1.82, 2.24) is 0 Å². The Morgan fingerprint density at radius 2 is 0.663 bits per heavy atom. The number of fused-ring (bicyclic) bond motifs is 12. The molecule has 0 N–H and O–H groups in total. The van der Waals surface area contributed by atoms with Crippen LogP contribution < -0.4 is 0 Å². The van der Waals surface area contributed by atoms with E-state index in [-0.39, 0.29) is 45.7 Å². The van der Waals surface area contributed by atoms with Crippen LogP contribution in [-0.2, 0) is 0 Å². The monoisotopic (exact) mass is 1130 g/mol. The van der Waals surface area contributed by atoms with Gasteiger partial charge < -0.3 is 8.83 Å². The summed E-state index contributed by atoms with van der Waals surface area (Å²) in [7, 11) is 0. The minimum absolute atomic E-state index is 0.195. The number of para-hydroxylation sites is 2. The Bertz CT molecular complexity index is 7630. The zero-order valence-electron chi connectivity index (χ0n) is 78.2. The molecule has 2 heterocycles. The van der Waals surface area contributed by atoms with Crippen molar-refractivity contribution >= 4 is 109 Å². The Hall–Kier alpha value is -11.3. The SMILES string of the molecule is [2H]c1c([2H])c([2H])c(-c2c([2H])c([2H])c(-c3c4c([2H])c([2H])c([2H])c([2H])c4c(-c4c([2H])c([2H])c5oc6c([2H])c([2H])c([2H])c([2H])c6c5c4[2H])c4c([2H])c([2H])c([2H])c([2H])c34)c3c([2H])c([2H])c([2H])c([2H])c23)c([2H])c1[2H].[2H]c1c([2H])c([2H])c2c(-c3cccc4ccccc34)c3c([2H])c([2H])c([2H])c([2H])c3c(-c3ccc(-c4ccc5oc6ccccc6c5c4)cc3)c2c1[2H]. The van der Waals surface area contributed by atoms with E-state index in [9.17, 15) is 17.8 Å². The van der Waals surface area contributed by atoms with Gasteiger partial charge in [-0.1, -0.05) is 278 Å². The average molecular weight is 1130 g/mol. The lowest BCUT2D eigenvalue weighted by molar-refractivity contribution is 0.668. The standard InChI is InChI=1S/2C42H26O/c1-2-12-31-28(10-1)11-9-18-33(31)42-36-16-5-3-14-34(36)41(35-15-4-6-17-37(35)42)29-22-20-27(21-23-29)30-24-25-40-38(26-30)32-13-7-8-19-39(32)43-40;1-2-12-27(13-3-1)29-23-24-37(31-15-5-4-14-30(29)31)42-35-19-8-6-17-33(35)41(34-18-7-9-20-36(34)42)28-22-25-40-38(26-28)32-16-10-11-21-39(32)43-40/h2*1-26H/i3D,4D,5D,6D,14D,15D,16D,17D;1D,2D,3D,4D,5D,6D,7D,8D,9D,10D,11D,12D,13D,14D,15D,16D,17D,18D,19D,20D,21D,22D,23D,24D,25D,26D. The van der Waals surface area contributed by atoms with Crippen molar-refractivity contribution in [3.8, 4) is 66.8 Å². The molecule has 400 valence electrons. The van der Waals surface area contributed by atoms with Crippen molar-refractivity contribution in [3.63, 3.8) is 0 Å². The van der Waals surface area contributed by atoms with Crippen LogP contribution in [0.25, 0.3) is 175 Å². The lowest BCUT2D eigenvalue weighted by Gasteiger charge is -2.19. The van der Waals surface area contributed by atoms with Crippen molar-refractivity contribution in [2.24, 2.45) is 0 Å². The van der Waals surface area contributed by atoms with Crippen LogP contribution in [0.5, 0.6) is 0 Å². The number of furan rings is 2. The normalized spacial score (nSPS) is 17.3. The maximum absolute atomic E-state index is 9.68. The first kappa shape index (κ1) is 26.1. The third-order valence-corrected chi connectivity index (χ3v) is 15.3. The smallest absolute Gasteiger partial charge is 0.135 e. The molecule has 0 atom stereocenters. The van der Waals surface area contributed by atoms with Crippen LogP contribution in [0.3, 0.4) is 0 Å². The van der Waals surface area contributed by atoms with E-state index in [2.05, 4.69) is 6.07 Å². The molecule has 0 aliphatic rings. The van der Waals surface area contributed by atoms with Gasteiger partial charge in [0.2, 0.25) is 0 Å². The Morgan fingerprint density at radius 1 is 0.209 bits per heavy atom. The molecule has 0 unspecified atom stereocenters. The molecule has 2 nitrogen and oxygen atoms in total. The molecule has 18 rings (SSSR count). The number of rotatable bonds is 6. The highest BCUT2D eigenvalue weighted by molar-refractivity contribution is 6.26. The van der Waals surface area contributed by atoms with Gasteiger partial charge in [0.25, 0.3) is 0 Å². The van der Waals surface area contributed by atoms with Crippen LogP contribution in [0, 0.1) is 0 Å². The molecule has 86 heavy (non-hydrogen) atoms. The zero-order valence-corrected chi connectivity index (χ0v) is 44.2. The third kappa shape index (κ3) is 8.03. The van der Waals surface area contributed by atoms with E-state index in [4.69, 9.17) is 37.6 Å². The average Bonchev–Trinajstić information content (AvgIpc) is 0.886. The molecule has 0 amide bonds. The summed E-state index contributed by atoms with van der Waals surface area (Å²) >= 11 is 0. The molecule has 0 spiro atoms. The number of hydrogen-bond donors (Lipinski definition) is 0. The molecule has 0 saturated carbocycles. The van der Waals surface area contributed by atoms with Crippen molar-refractivity contribution in [3.05, 3.63) is 315 Å². The maximum atomic E-state index is 9.68. The van der Waals surface area contributed by atoms with Crippen LogP contribution in [0.4, 0.5) is 0 Å². The van der Waals surface area contributed by atoms with Crippen LogP contribution >= 0.6 is 0 Å². The molecule has 0 aliphatic carbocycles. The lowest BCUT2D eigenvalue weighted by Crippen LogP contribution is -1.92. The summed E-state index contributed by atoms with van der Waals surface area (Å²) < 4.78 is 316. The zero-order chi connectivity index (χ0) is 86.2. The fraction of sp³-hybridized carbons (Fsp3) is 0. The first-order valence-corrected chi connectivity index (χ1v) is 26.8. The van der Waals surface area contributed by atoms with Crippen molar-refractivity contribution in [1.29, 1.82) is 0 Å². The molecule has 2 heteroatoms. The van der Waals surface area contributed by atoms with Gasteiger partial charge in [0.15, 0.2) is 0 Å². The van der Waals surface area contributed by atoms with Gasteiger partial charge in [-0.3, -0.25) is 0 Å². The molecule has 0 saturated heterocycles. The van der Waals surface area contributed by atoms with Gasteiger partial charge in [-0.25, -0.2) is 0 Å². The largest absolute Gasteiger partial charge is 0.456 e. The number of hydrogen-bond acceptors (Lipinski definition) is 2. The summed E-state index contributed by atoms with van der Waals surface area (Å²) in [5.74, 6) is 0.